The number of hydrogen-bond donors (Lipinski definition) is 0. The first-order valence-corrected chi connectivity index (χ1v) is 7.75. The van der Waals surface area contributed by atoms with Gasteiger partial charge in [-0.1, -0.05) is 72.0 Å². The van der Waals surface area contributed by atoms with Gasteiger partial charge in [0.25, 0.3) is 0 Å². The van der Waals surface area contributed by atoms with Gasteiger partial charge in [0, 0.05) is 11.8 Å². The average Bonchev–Trinajstić information content (AvgIpc) is 2.88. The molecule has 3 aromatic rings. The van der Waals surface area contributed by atoms with Crippen LogP contribution >= 0.6 is 27.3 Å². The van der Waals surface area contributed by atoms with Crippen LogP contribution in [0, 0.1) is 0 Å². The first-order valence-electron chi connectivity index (χ1n) is 6.14. The van der Waals surface area contributed by atoms with E-state index in [0.29, 0.717) is 0 Å². The number of rotatable bonds is 3. The van der Waals surface area contributed by atoms with E-state index in [4.69, 9.17) is 0 Å². The lowest BCUT2D eigenvalue weighted by atomic mass is 10.2. The molecule has 1 aromatic heterocycles. The highest BCUT2D eigenvalue weighted by atomic mass is 79.9. The predicted octanol–water partition coefficient (Wildman–Crippen LogP) is 5.32. The van der Waals surface area contributed by atoms with Crippen molar-refractivity contribution in [1.82, 2.24) is 4.98 Å². The number of aromatic nitrogens is 1. The van der Waals surface area contributed by atoms with E-state index in [2.05, 4.69) is 25.9 Å². The van der Waals surface area contributed by atoms with E-state index in [1.165, 1.54) is 11.3 Å². The summed E-state index contributed by atoms with van der Waals surface area (Å²) in [5, 5.41) is 0.750. The average molecular weight is 343 g/mol. The maximum absolute atomic E-state index is 4.57. The third-order valence-electron chi connectivity index (χ3n) is 2.75. The van der Waals surface area contributed by atoms with Gasteiger partial charge in [0.15, 0.2) is 0 Å². The Bertz CT molecular complexity index is 721. The number of benzene rings is 2. The van der Waals surface area contributed by atoms with Crippen molar-refractivity contribution in [3.05, 3.63) is 70.0 Å². The summed E-state index contributed by atoms with van der Waals surface area (Å²) in [4.78, 5) is 9.00. The van der Waals surface area contributed by atoms with E-state index in [1.807, 2.05) is 66.9 Å². The highest BCUT2D eigenvalue weighted by Gasteiger charge is 2.09. The van der Waals surface area contributed by atoms with Gasteiger partial charge in [-0.2, -0.15) is 0 Å². The maximum Gasteiger partial charge on any atom is 0.210 e. The summed E-state index contributed by atoms with van der Waals surface area (Å²) < 4.78 is 1.00. The zero-order valence-electron chi connectivity index (χ0n) is 10.5. The molecule has 0 atom stereocenters. The van der Waals surface area contributed by atoms with Crippen molar-refractivity contribution in [3.8, 4) is 11.3 Å². The fraction of sp³-hybridized carbons (Fsp3) is 0. The monoisotopic (exact) mass is 342 g/mol. The second-order valence-corrected chi connectivity index (χ2v) is 6.45. The van der Waals surface area contributed by atoms with Crippen LogP contribution in [0.25, 0.3) is 11.3 Å². The minimum Gasteiger partial charge on any atom is -0.227 e. The summed E-state index contributed by atoms with van der Waals surface area (Å²) in [6.45, 7) is 0. The number of thiazole rings is 1. The number of halogens is 1. The van der Waals surface area contributed by atoms with Crippen LogP contribution in [0.15, 0.2) is 69.4 Å². The standard InChI is InChI=1S/C16H11BrN2S/c17-15-14(13-9-5-2-6-10-13)19-16(20-15)18-11-12-7-3-1-4-8-12/h1-11H/b18-11+. The molecule has 98 valence electrons. The molecule has 0 aliphatic carbocycles. The van der Waals surface area contributed by atoms with E-state index < -0.39 is 0 Å². The van der Waals surface area contributed by atoms with Gasteiger partial charge in [-0.15, -0.1) is 0 Å². The largest absolute Gasteiger partial charge is 0.227 e. The van der Waals surface area contributed by atoms with E-state index in [1.54, 1.807) is 0 Å². The van der Waals surface area contributed by atoms with Crippen LogP contribution in [0.2, 0.25) is 0 Å². The van der Waals surface area contributed by atoms with Gasteiger partial charge < -0.3 is 0 Å². The topological polar surface area (TPSA) is 25.2 Å². The van der Waals surface area contributed by atoms with Gasteiger partial charge in [-0.05, 0) is 21.5 Å². The van der Waals surface area contributed by atoms with E-state index >= 15 is 0 Å². The number of nitrogens with zero attached hydrogens (tertiary/aromatic N) is 2. The van der Waals surface area contributed by atoms with Crippen LogP contribution in [0.3, 0.4) is 0 Å². The van der Waals surface area contributed by atoms with Gasteiger partial charge in [-0.25, -0.2) is 9.98 Å². The summed E-state index contributed by atoms with van der Waals surface area (Å²) in [5.74, 6) is 0. The molecule has 0 saturated heterocycles. The number of aliphatic imine (C=N–C) groups is 1. The van der Waals surface area contributed by atoms with E-state index in [0.717, 1.165) is 25.7 Å². The van der Waals surface area contributed by atoms with Gasteiger partial charge in [-0.3, -0.25) is 0 Å². The Kier molecular flexibility index (Phi) is 4.04. The molecular formula is C16H11BrN2S. The maximum atomic E-state index is 4.57. The van der Waals surface area contributed by atoms with Crippen molar-refractivity contribution in [3.63, 3.8) is 0 Å². The zero-order valence-corrected chi connectivity index (χ0v) is 12.9. The summed E-state index contributed by atoms with van der Waals surface area (Å²) in [7, 11) is 0. The van der Waals surface area contributed by atoms with Crippen LogP contribution in [-0.2, 0) is 0 Å². The van der Waals surface area contributed by atoms with Crippen molar-refractivity contribution >= 4 is 38.6 Å². The van der Waals surface area contributed by atoms with E-state index in [9.17, 15) is 0 Å². The molecule has 0 radical (unpaired) electrons. The summed E-state index contributed by atoms with van der Waals surface area (Å²) >= 11 is 5.10. The minimum absolute atomic E-state index is 0.750. The lowest BCUT2D eigenvalue weighted by molar-refractivity contribution is 1.35. The molecule has 0 unspecified atom stereocenters. The Balaban J connectivity index is 1.88. The van der Waals surface area contributed by atoms with Crippen LogP contribution in [-0.4, -0.2) is 11.2 Å². The smallest absolute Gasteiger partial charge is 0.210 e. The third-order valence-corrected chi connectivity index (χ3v) is 4.36. The number of hydrogen-bond acceptors (Lipinski definition) is 3. The lowest BCUT2D eigenvalue weighted by Crippen LogP contribution is -1.79. The Labute approximate surface area is 130 Å². The SMILES string of the molecule is Brc1sc(/N=C/c2ccccc2)nc1-c1ccccc1. The van der Waals surface area contributed by atoms with Crippen molar-refractivity contribution in [2.45, 2.75) is 0 Å². The molecule has 20 heavy (non-hydrogen) atoms. The Morgan fingerprint density at radius 3 is 2.30 bits per heavy atom. The van der Waals surface area contributed by atoms with Crippen molar-refractivity contribution < 1.29 is 0 Å². The fourth-order valence-corrected chi connectivity index (χ4v) is 3.20. The fourth-order valence-electron chi connectivity index (χ4n) is 1.79. The minimum atomic E-state index is 0.750. The van der Waals surface area contributed by atoms with Crippen molar-refractivity contribution in [2.24, 2.45) is 4.99 Å². The molecule has 4 heteroatoms. The van der Waals surface area contributed by atoms with Crippen molar-refractivity contribution in [2.75, 3.05) is 0 Å². The molecule has 1 heterocycles. The van der Waals surface area contributed by atoms with Gasteiger partial charge in [0.05, 0.1) is 9.48 Å². The summed E-state index contributed by atoms with van der Waals surface area (Å²) in [6, 6.07) is 20.1. The van der Waals surface area contributed by atoms with E-state index in [-0.39, 0.29) is 0 Å². The summed E-state index contributed by atoms with van der Waals surface area (Å²) in [5.41, 5.74) is 3.10. The highest BCUT2D eigenvalue weighted by molar-refractivity contribution is 9.11. The first-order chi connectivity index (χ1) is 9.83. The molecular weight excluding hydrogens is 332 g/mol. The summed E-state index contributed by atoms with van der Waals surface area (Å²) in [6.07, 6.45) is 1.83. The highest BCUT2D eigenvalue weighted by Crippen LogP contribution is 2.36. The molecule has 2 aromatic carbocycles. The van der Waals surface area contributed by atoms with Gasteiger partial charge >= 0.3 is 0 Å². The molecule has 0 aliphatic rings. The normalized spacial score (nSPS) is 11.1. The van der Waals surface area contributed by atoms with Crippen LogP contribution in [0.5, 0.6) is 0 Å². The molecule has 0 bridgehead atoms. The zero-order chi connectivity index (χ0) is 13.8. The molecule has 2 nitrogen and oxygen atoms in total. The predicted molar refractivity (Wildman–Crippen MR) is 88.9 cm³/mol. The Hall–Kier alpha value is -1.78. The molecule has 0 amide bonds. The molecule has 0 fully saturated rings. The molecule has 0 N–H and O–H groups in total. The van der Waals surface area contributed by atoms with Crippen LogP contribution in [0.1, 0.15) is 5.56 Å². The van der Waals surface area contributed by atoms with Crippen molar-refractivity contribution in [1.29, 1.82) is 0 Å². The third kappa shape index (κ3) is 3.03. The van der Waals surface area contributed by atoms with Crippen LogP contribution in [0.4, 0.5) is 5.13 Å². The Morgan fingerprint density at radius 1 is 0.950 bits per heavy atom. The molecule has 0 spiro atoms. The molecule has 3 rings (SSSR count). The lowest BCUT2D eigenvalue weighted by Gasteiger charge is -1.95. The molecule has 0 aliphatic heterocycles. The van der Waals surface area contributed by atoms with Crippen LogP contribution < -0.4 is 0 Å². The quantitative estimate of drug-likeness (QED) is 0.591. The van der Waals surface area contributed by atoms with Gasteiger partial charge in [0.2, 0.25) is 5.13 Å². The van der Waals surface area contributed by atoms with Gasteiger partial charge in [0.1, 0.15) is 0 Å². The first kappa shape index (κ1) is 13.2. The second-order valence-electron chi connectivity index (χ2n) is 4.15. The second kappa shape index (κ2) is 6.11. The Morgan fingerprint density at radius 2 is 1.60 bits per heavy atom. The molecule has 0 saturated carbocycles.